The summed E-state index contributed by atoms with van der Waals surface area (Å²) < 4.78 is 0. The van der Waals surface area contributed by atoms with Crippen molar-refractivity contribution >= 4 is 58.7 Å². The zero-order valence-electron chi connectivity index (χ0n) is 24.7. The van der Waals surface area contributed by atoms with Gasteiger partial charge < -0.3 is 26.2 Å². The van der Waals surface area contributed by atoms with Gasteiger partial charge in [0.25, 0.3) is 11.8 Å². The summed E-state index contributed by atoms with van der Waals surface area (Å²) in [5, 5.41) is 16.8. The quantitative estimate of drug-likeness (QED) is 0.336. The lowest BCUT2D eigenvalue weighted by Crippen LogP contribution is -2.49. The predicted octanol–water partition coefficient (Wildman–Crippen LogP) is 3.26. The fourth-order valence-electron chi connectivity index (χ4n) is 5.22. The lowest BCUT2D eigenvalue weighted by atomic mass is 10.0. The molecule has 4 heterocycles. The number of hydrogen-bond donors (Lipinski definition) is 4. The number of aromatic nitrogens is 2. The smallest absolute Gasteiger partial charge is 0.271 e. The number of fused-ring (bicyclic) bond motifs is 4. The Morgan fingerprint density at radius 1 is 0.955 bits per heavy atom. The summed E-state index contributed by atoms with van der Waals surface area (Å²) in [5.41, 5.74) is 1.53. The van der Waals surface area contributed by atoms with Crippen molar-refractivity contribution < 1.29 is 19.2 Å². The summed E-state index contributed by atoms with van der Waals surface area (Å²) in [6.07, 6.45) is 2.57. The first-order valence-electron chi connectivity index (χ1n) is 14.6. The van der Waals surface area contributed by atoms with Gasteiger partial charge in [0, 0.05) is 23.8 Å². The van der Waals surface area contributed by atoms with Crippen molar-refractivity contribution in [1.29, 1.82) is 0 Å². The second-order valence-corrected chi connectivity index (χ2v) is 12.9. The molecule has 14 heteroatoms. The Kier molecular flexibility index (Phi) is 11.8. The van der Waals surface area contributed by atoms with E-state index >= 15 is 0 Å². The second-order valence-electron chi connectivity index (χ2n) is 11.2. The molecular weight excluding hydrogens is 622 g/mol. The SMILES string of the molecule is CC(C)[C@@H]1NC(=O)c2csc(n2)[C@H](Cc2ccccc2)NC(=O)CN(C(=O)[C@@H]2CCCN2)CCCNC(=O)c2csc1n2.Cl. The molecule has 0 aliphatic carbocycles. The van der Waals surface area contributed by atoms with E-state index in [4.69, 9.17) is 0 Å². The molecule has 236 valence electrons. The molecule has 11 nitrogen and oxygen atoms in total. The summed E-state index contributed by atoms with van der Waals surface area (Å²) in [6, 6.07) is 8.53. The van der Waals surface area contributed by atoms with Gasteiger partial charge in [-0.05, 0) is 43.7 Å². The van der Waals surface area contributed by atoms with Crippen LogP contribution in [0.15, 0.2) is 41.1 Å². The minimum Gasteiger partial charge on any atom is -0.351 e. The van der Waals surface area contributed by atoms with Gasteiger partial charge in [0.2, 0.25) is 11.8 Å². The highest BCUT2D eigenvalue weighted by atomic mass is 35.5. The molecule has 44 heavy (non-hydrogen) atoms. The molecule has 0 unspecified atom stereocenters. The minimum absolute atomic E-state index is 0. The first-order chi connectivity index (χ1) is 20.8. The highest BCUT2D eigenvalue weighted by Gasteiger charge is 2.30. The molecule has 3 atom stereocenters. The Labute approximate surface area is 271 Å². The van der Waals surface area contributed by atoms with Crippen molar-refractivity contribution in [2.24, 2.45) is 5.92 Å². The van der Waals surface area contributed by atoms with Gasteiger partial charge in [-0.1, -0.05) is 44.2 Å². The van der Waals surface area contributed by atoms with Gasteiger partial charge in [-0.2, -0.15) is 0 Å². The number of benzene rings is 1. The van der Waals surface area contributed by atoms with E-state index in [2.05, 4.69) is 31.2 Å². The molecule has 3 aromatic rings. The van der Waals surface area contributed by atoms with Crippen LogP contribution in [0.4, 0.5) is 0 Å². The van der Waals surface area contributed by atoms with Crippen molar-refractivity contribution in [2.75, 3.05) is 26.2 Å². The average Bonchev–Trinajstić information content (AvgIpc) is 3.79. The fraction of sp³-hybridized carbons (Fsp3) is 0.467. The summed E-state index contributed by atoms with van der Waals surface area (Å²) in [5.74, 6) is -1.10. The third kappa shape index (κ3) is 8.40. The molecule has 0 spiro atoms. The van der Waals surface area contributed by atoms with Crippen LogP contribution in [0.1, 0.15) is 81.7 Å². The van der Waals surface area contributed by atoms with Gasteiger partial charge in [-0.15, -0.1) is 35.1 Å². The highest BCUT2D eigenvalue weighted by molar-refractivity contribution is 7.10. The van der Waals surface area contributed by atoms with Crippen molar-refractivity contribution in [3.63, 3.8) is 0 Å². The van der Waals surface area contributed by atoms with Gasteiger partial charge in [-0.25, -0.2) is 9.97 Å². The maximum Gasteiger partial charge on any atom is 0.271 e. The topological polar surface area (TPSA) is 145 Å². The van der Waals surface area contributed by atoms with Gasteiger partial charge >= 0.3 is 0 Å². The Bertz CT molecular complexity index is 1440. The van der Waals surface area contributed by atoms with Crippen molar-refractivity contribution in [2.45, 2.75) is 57.7 Å². The van der Waals surface area contributed by atoms with Crippen LogP contribution >= 0.6 is 35.1 Å². The van der Waals surface area contributed by atoms with Gasteiger partial charge in [0.1, 0.15) is 21.4 Å². The maximum absolute atomic E-state index is 13.5. The number of halogens is 1. The number of thiazole rings is 2. The number of nitrogens with one attached hydrogen (secondary N) is 4. The molecule has 5 rings (SSSR count). The lowest BCUT2D eigenvalue weighted by Gasteiger charge is -2.26. The zero-order valence-corrected chi connectivity index (χ0v) is 27.2. The van der Waals surface area contributed by atoms with E-state index in [1.807, 2.05) is 44.2 Å². The van der Waals surface area contributed by atoms with E-state index in [-0.39, 0.29) is 65.9 Å². The Balaban J connectivity index is 0.00000442. The molecule has 1 aromatic carbocycles. The summed E-state index contributed by atoms with van der Waals surface area (Å²) in [7, 11) is 0. The number of carbonyl (C=O) groups excluding carboxylic acids is 4. The molecule has 1 fully saturated rings. The standard InChI is InChI=1S/C30H37N7O4S2.ClH/c1-18(2)25-29-35-22(16-43-29)26(39)32-12-7-13-37(30(41)20-10-6-11-31-20)15-24(38)33-21(14-19-8-4-3-5-9-19)28-34-23(17-42-28)27(40)36-25;/h3-5,8-9,16-18,20-21,25,31H,6-7,10-15H2,1-2H3,(H,32,39)(H,33,38)(H,36,40);1H/t20-,21-,25-;/m0./s1. The van der Waals surface area contributed by atoms with E-state index in [1.54, 1.807) is 15.7 Å². The maximum atomic E-state index is 13.5. The number of amides is 4. The van der Waals surface area contributed by atoms with Crippen LogP contribution in [0.25, 0.3) is 0 Å². The zero-order chi connectivity index (χ0) is 30.3. The second kappa shape index (κ2) is 15.6. The molecule has 1 saturated heterocycles. The summed E-state index contributed by atoms with van der Waals surface area (Å²) >= 11 is 2.63. The van der Waals surface area contributed by atoms with Gasteiger partial charge in [0.05, 0.1) is 24.7 Å². The van der Waals surface area contributed by atoms with E-state index < -0.39 is 12.1 Å². The van der Waals surface area contributed by atoms with Crippen LogP contribution in [0.5, 0.6) is 0 Å². The molecule has 2 aliphatic heterocycles. The number of carbonyl (C=O) groups is 4. The third-order valence-corrected chi connectivity index (χ3v) is 9.43. The van der Waals surface area contributed by atoms with Crippen LogP contribution in [0.3, 0.4) is 0 Å². The molecule has 0 radical (unpaired) electrons. The molecule has 4 N–H and O–H groups in total. The van der Waals surface area contributed by atoms with Crippen molar-refractivity contribution in [1.82, 2.24) is 36.1 Å². The number of nitrogens with zero attached hydrogens (tertiary/aromatic N) is 3. The van der Waals surface area contributed by atoms with Crippen LogP contribution in [0, 0.1) is 5.92 Å². The van der Waals surface area contributed by atoms with Crippen molar-refractivity contribution in [3.8, 4) is 0 Å². The summed E-state index contributed by atoms with van der Waals surface area (Å²) in [6.45, 7) is 5.23. The van der Waals surface area contributed by atoms with Crippen LogP contribution in [0.2, 0.25) is 0 Å². The van der Waals surface area contributed by atoms with Crippen LogP contribution in [-0.4, -0.2) is 70.7 Å². The molecule has 4 amide bonds. The van der Waals surface area contributed by atoms with Crippen LogP contribution in [-0.2, 0) is 16.0 Å². The van der Waals surface area contributed by atoms with Gasteiger partial charge in [-0.3, -0.25) is 19.2 Å². The van der Waals surface area contributed by atoms with E-state index in [0.717, 1.165) is 24.9 Å². The van der Waals surface area contributed by atoms with Gasteiger partial charge in [0.15, 0.2) is 0 Å². The predicted molar refractivity (Wildman–Crippen MR) is 172 cm³/mol. The van der Waals surface area contributed by atoms with E-state index in [1.165, 1.54) is 22.7 Å². The Hall–Kier alpha value is -3.39. The highest BCUT2D eigenvalue weighted by Crippen LogP contribution is 2.27. The number of rotatable bonds is 4. The van der Waals surface area contributed by atoms with Crippen LogP contribution < -0.4 is 21.3 Å². The lowest BCUT2D eigenvalue weighted by molar-refractivity contribution is -0.137. The Morgan fingerprint density at radius 2 is 1.66 bits per heavy atom. The summed E-state index contributed by atoms with van der Waals surface area (Å²) in [4.78, 5) is 63.8. The molecular formula is C30H38ClN7O4S2. The monoisotopic (exact) mass is 659 g/mol. The van der Waals surface area contributed by atoms with E-state index in [0.29, 0.717) is 35.9 Å². The third-order valence-electron chi connectivity index (χ3n) is 7.54. The first-order valence-corrected chi connectivity index (χ1v) is 16.4. The molecule has 0 saturated carbocycles. The largest absolute Gasteiger partial charge is 0.351 e. The Morgan fingerprint density at radius 3 is 2.36 bits per heavy atom. The molecule has 2 aliphatic rings. The number of hydrogen-bond acceptors (Lipinski definition) is 9. The average molecular weight is 660 g/mol. The fourth-order valence-corrected chi connectivity index (χ4v) is 7.09. The molecule has 2 aromatic heterocycles. The normalized spacial score (nSPS) is 21.8. The first kappa shape index (κ1) is 33.5. The minimum atomic E-state index is -0.494. The molecule has 4 bridgehead atoms. The van der Waals surface area contributed by atoms with Crippen molar-refractivity contribution in [3.05, 3.63) is 68.1 Å². The van der Waals surface area contributed by atoms with E-state index in [9.17, 15) is 19.2 Å².